The summed E-state index contributed by atoms with van der Waals surface area (Å²) in [7, 11) is 0. The van der Waals surface area contributed by atoms with Crippen LogP contribution in [0.2, 0.25) is 0 Å². The molecular weight excluding hydrogens is 222 g/mol. The van der Waals surface area contributed by atoms with Crippen molar-refractivity contribution in [3.05, 3.63) is 48.0 Å². The summed E-state index contributed by atoms with van der Waals surface area (Å²) < 4.78 is 0. The molecule has 2 heteroatoms. The van der Waals surface area contributed by atoms with Crippen molar-refractivity contribution >= 4 is 16.7 Å². The quantitative estimate of drug-likeness (QED) is 0.872. The lowest BCUT2D eigenvalue weighted by Crippen LogP contribution is -2.23. The number of benzene rings is 2. The Hall–Kier alpha value is -1.83. The molecule has 0 bridgehead atoms. The Kier molecular flexibility index (Phi) is 3.98. The van der Waals surface area contributed by atoms with Gasteiger partial charge in [0, 0.05) is 13.0 Å². The molecular formula is C16H19NO. The van der Waals surface area contributed by atoms with Gasteiger partial charge in [0.25, 0.3) is 0 Å². The Morgan fingerprint density at radius 1 is 1.11 bits per heavy atom. The summed E-state index contributed by atoms with van der Waals surface area (Å²) in [6.07, 6.45) is 0.591. The molecule has 0 aliphatic carbocycles. The summed E-state index contributed by atoms with van der Waals surface area (Å²) in [5.41, 5.74) is 1.14. The molecule has 1 N–H and O–H groups in total. The standard InChI is InChI=1S/C16H19NO/c1-12(2)9-16(18)17-11-13-7-8-14-5-3-4-6-15(14)10-13/h3-8,10,12H,9,11H2,1-2H3,(H,17,18). The lowest BCUT2D eigenvalue weighted by Gasteiger charge is -2.08. The summed E-state index contributed by atoms with van der Waals surface area (Å²) in [6.45, 7) is 4.71. The maximum absolute atomic E-state index is 11.6. The lowest BCUT2D eigenvalue weighted by molar-refractivity contribution is -0.121. The van der Waals surface area contributed by atoms with Gasteiger partial charge in [-0.05, 0) is 28.3 Å². The van der Waals surface area contributed by atoms with Crippen molar-refractivity contribution in [3.63, 3.8) is 0 Å². The van der Waals surface area contributed by atoms with E-state index in [0.29, 0.717) is 18.9 Å². The first-order valence-corrected chi connectivity index (χ1v) is 6.39. The minimum absolute atomic E-state index is 0.123. The van der Waals surface area contributed by atoms with Gasteiger partial charge in [-0.2, -0.15) is 0 Å². The molecule has 2 aromatic rings. The Balaban J connectivity index is 2.01. The van der Waals surface area contributed by atoms with Gasteiger partial charge in [0.2, 0.25) is 5.91 Å². The van der Waals surface area contributed by atoms with Crippen molar-refractivity contribution in [3.8, 4) is 0 Å². The molecule has 2 rings (SSSR count). The van der Waals surface area contributed by atoms with Crippen molar-refractivity contribution in [2.24, 2.45) is 5.92 Å². The minimum atomic E-state index is 0.123. The van der Waals surface area contributed by atoms with Crippen LogP contribution in [-0.2, 0) is 11.3 Å². The van der Waals surface area contributed by atoms with Gasteiger partial charge in [0.05, 0.1) is 0 Å². The highest BCUT2D eigenvalue weighted by Crippen LogP contribution is 2.15. The molecule has 0 heterocycles. The number of carbonyl (C=O) groups is 1. The second-order valence-electron chi connectivity index (χ2n) is 5.06. The number of amides is 1. The summed E-state index contributed by atoms with van der Waals surface area (Å²) in [6, 6.07) is 14.5. The third-order valence-electron chi connectivity index (χ3n) is 2.90. The van der Waals surface area contributed by atoms with Crippen LogP contribution in [0.3, 0.4) is 0 Å². The van der Waals surface area contributed by atoms with Crippen LogP contribution in [0.4, 0.5) is 0 Å². The molecule has 0 fully saturated rings. The molecule has 0 saturated heterocycles. The van der Waals surface area contributed by atoms with E-state index in [1.165, 1.54) is 10.8 Å². The predicted octanol–water partition coefficient (Wildman–Crippen LogP) is 3.50. The average Bonchev–Trinajstić information content (AvgIpc) is 2.35. The normalized spacial score (nSPS) is 10.8. The van der Waals surface area contributed by atoms with E-state index >= 15 is 0 Å². The van der Waals surface area contributed by atoms with Crippen molar-refractivity contribution in [1.29, 1.82) is 0 Å². The number of nitrogens with one attached hydrogen (secondary N) is 1. The Morgan fingerprint density at radius 3 is 2.56 bits per heavy atom. The second kappa shape index (κ2) is 5.67. The van der Waals surface area contributed by atoms with E-state index < -0.39 is 0 Å². The average molecular weight is 241 g/mol. The first-order chi connectivity index (χ1) is 8.65. The smallest absolute Gasteiger partial charge is 0.220 e. The zero-order valence-corrected chi connectivity index (χ0v) is 10.9. The number of carbonyl (C=O) groups excluding carboxylic acids is 1. The molecule has 0 atom stereocenters. The van der Waals surface area contributed by atoms with Crippen LogP contribution in [0, 0.1) is 5.92 Å². The van der Waals surface area contributed by atoms with E-state index in [1.807, 2.05) is 12.1 Å². The van der Waals surface area contributed by atoms with Crippen LogP contribution in [0.15, 0.2) is 42.5 Å². The highest BCUT2D eigenvalue weighted by Gasteiger charge is 2.04. The largest absolute Gasteiger partial charge is 0.352 e. The van der Waals surface area contributed by atoms with Gasteiger partial charge in [-0.3, -0.25) is 4.79 Å². The lowest BCUT2D eigenvalue weighted by atomic mass is 10.1. The molecule has 0 aromatic heterocycles. The van der Waals surface area contributed by atoms with Crippen molar-refractivity contribution < 1.29 is 4.79 Å². The van der Waals surface area contributed by atoms with E-state index in [-0.39, 0.29) is 5.91 Å². The first kappa shape index (κ1) is 12.6. The van der Waals surface area contributed by atoms with E-state index in [2.05, 4.69) is 49.5 Å². The highest BCUT2D eigenvalue weighted by molar-refractivity contribution is 5.83. The second-order valence-corrected chi connectivity index (χ2v) is 5.06. The van der Waals surface area contributed by atoms with Crippen molar-refractivity contribution in [2.75, 3.05) is 0 Å². The van der Waals surface area contributed by atoms with E-state index in [9.17, 15) is 4.79 Å². The maximum atomic E-state index is 11.6. The predicted molar refractivity (Wildman–Crippen MR) is 75.2 cm³/mol. The zero-order chi connectivity index (χ0) is 13.0. The number of hydrogen-bond acceptors (Lipinski definition) is 1. The molecule has 0 aliphatic heterocycles. The number of fused-ring (bicyclic) bond motifs is 1. The molecule has 0 spiro atoms. The fraction of sp³-hybridized carbons (Fsp3) is 0.312. The summed E-state index contributed by atoms with van der Waals surface area (Å²) >= 11 is 0. The summed E-state index contributed by atoms with van der Waals surface area (Å²) in [5.74, 6) is 0.528. The van der Waals surface area contributed by atoms with Crippen molar-refractivity contribution in [2.45, 2.75) is 26.8 Å². The minimum Gasteiger partial charge on any atom is -0.352 e. The molecule has 0 aliphatic rings. The van der Waals surface area contributed by atoms with Gasteiger partial charge in [-0.1, -0.05) is 50.2 Å². The third-order valence-corrected chi connectivity index (χ3v) is 2.90. The fourth-order valence-corrected chi connectivity index (χ4v) is 1.99. The number of rotatable bonds is 4. The number of hydrogen-bond donors (Lipinski definition) is 1. The molecule has 0 radical (unpaired) electrons. The Morgan fingerprint density at radius 2 is 1.83 bits per heavy atom. The molecule has 94 valence electrons. The van der Waals surface area contributed by atoms with Gasteiger partial charge in [-0.15, -0.1) is 0 Å². The van der Waals surface area contributed by atoms with Gasteiger partial charge in [0.1, 0.15) is 0 Å². The SMILES string of the molecule is CC(C)CC(=O)NCc1ccc2ccccc2c1. The van der Waals surface area contributed by atoms with Crippen LogP contribution in [-0.4, -0.2) is 5.91 Å². The maximum Gasteiger partial charge on any atom is 0.220 e. The zero-order valence-electron chi connectivity index (χ0n) is 10.9. The van der Waals surface area contributed by atoms with Gasteiger partial charge in [0.15, 0.2) is 0 Å². The van der Waals surface area contributed by atoms with Crippen LogP contribution in [0.5, 0.6) is 0 Å². The highest BCUT2D eigenvalue weighted by atomic mass is 16.1. The van der Waals surface area contributed by atoms with Gasteiger partial charge < -0.3 is 5.32 Å². The molecule has 0 saturated carbocycles. The van der Waals surface area contributed by atoms with Gasteiger partial charge >= 0.3 is 0 Å². The Labute approximate surface area is 108 Å². The Bertz CT molecular complexity index is 546. The van der Waals surface area contributed by atoms with Crippen LogP contribution in [0.25, 0.3) is 10.8 Å². The molecule has 1 amide bonds. The summed E-state index contributed by atoms with van der Waals surface area (Å²) in [5, 5.41) is 5.40. The molecule has 0 unspecified atom stereocenters. The molecule has 2 nitrogen and oxygen atoms in total. The van der Waals surface area contributed by atoms with E-state index in [4.69, 9.17) is 0 Å². The molecule has 2 aromatic carbocycles. The van der Waals surface area contributed by atoms with E-state index in [1.54, 1.807) is 0 Å². The monoisotopic (exact) mass is 241 g/mol. The van der Waals surface area contributed by atoms with Crippen LogP contribution in [0.1, 0.15) is 25.8 Å². The fourth-order valence-electron chi connectivity index (χ4n) is 1.99. The summed E-state index contributed by atoms with van der Waals surface area (Å²) in [4.78, 5) is 11.6. The first-order valence-electron chi connectivity index (χ1n) is 6.39. The van der Waals surface area contributed by atoms with Crippen molar-refractivity contribution in [1.82, 2.24) is 5.32 Å². The molecule has 18 heavy (non-hydrogen) atoms. The van der Waals surface area contributed by atoms with Gasteiger partial charge in [-0.25, -0.2) is 0 Å². The van der Waals surface area contributed by atoms with Crippen LogP contribution >= 0.6 is 0 Å². The van der Waals surface area contributed by atoms with E-state index in [0.717, 1.165) is 5.56 Å². The third kappa shape index (κ3) is 3.33. The van der Waals surface area contributed by atoms with Crippen LogP contribution < -0.4 is 5.32 Å². The topological polar surface area (TPSA) is 29.1 Å².